The number of hydrogen-bond acceptors (Lipinski definition) is 6. The number of imide groups is 1. The lowest BCUT2D eigenvalue weighted by Gasteiger charge is -2.42. The number of allylic oxidation sites excluding steroid dienone is 6. The molecule has 8 heteroatoms. The van der Waals surface area contributed by atoms with Gasteiger partial charge in [-0.15, -0.1) is 0 Å². The van der Waals surface area contributed by atoms with Gasteiger partial charge in [-0.25, -0.2) is 0 Å². The molecule has 3 aliphatic carbocycles. The molecule has 35 heavy (non-hydrogen) atoms. The summed E-state index contributed by atoms with van der Waals surface area (Å²) in [5.41, 5.74) is 1.26. The molecule has 1 saturated heterocycles. The first-order chi connectivity index (χ1) is 16.5. The first-order valence-electron chi connectivity index (χ1n) is 11.6. The summed E-state index contributed by atoms with van der Waals surface area (Å²) in [7, 11) is 1.49. The van der Waals surface area contributed by atoms with E-state index in [0.717, 1.165) is 5.57 Å². The normalized spacial score (nSPS) is 28.4. The third-order valence-corrected chi connectivity index (χ3v) is 8.14. The lowest BCUT2D eigenvalue weighted by molar-refractivity contribution is -0.145. The van der Waals surface area contributed by atoms with E-state index in [0.29, 0.717) is 28.9 Å². The lowest BCUT2D eigenvalue weighted by atomic mass is 9.59. The van der Waals surface area contributed by atoms with Crippen LogP contribution in [0.3, 0.4) is 0 Å². The molecule has 0 radical (unpaired) electrons. The monoisotopic (exact) mass is 539 g/mol. The molecular weight excluding hydrogens is 514 g/mol. The van der Waals surface area contributed by atoms with Crippen molar-refractivity contribution in [3.63, 3.8) is 0 Å². The number of phenolic OH excluding ortho intramolecular Hbond substituents is 1. The Balaban J connectivity index is 1.70. The highest BCUT2D eigenvalue weighted by atomic mass is 79.9. The number of fused-ring (bicyclic) bond motifs is 3. The molecule has 7 nitrogen and oxygen atoms in total. The molecular formula is C27H26BrNO6. The van der Waals surface area contributed by atoms with Gasteiger partial charge in [0.2, 0.25) is 11.8 Å². The first-order valence-corrected chi connectivity index (χ1v) is 12.4. The van der Waals surface area contributed by atoms with Crippen LogP contribution in [0.4, 0.5) is 0 Å². The van der Waals surface area contributed by atoms with E-state index >= 15 is 0 Å². The number of carbonyl (C=O) groups is 4. The number of hydrogen-bond donors (Lipinski definition) is 1. The van der Waals surface area contributed by atoms with Crippen LogP contribution in [0.5, 0.6) is 11.5 Å². The maximum atomic E-state index is 13.6. The average Bonchev–Trinajstić information content (AvgIpc) is 3.06. The van der Waals surface area contributed by atoms with Gasteiger partial charge in [-0.2, -0.15) is 0 Å². The standard InChI is InChI=1S/C27H26BrNO6/c1-27(2,3)29-25(33)15-8-7-13-16(22(15)26(29)34)10-17-23(20(31)11-18(28)24(17)32)21(13)14-6-5-12(35-4)9-19(14)30/h5-7,9,11,15-16,21-22,30H,8,10H2,1-4H3. The molecule has 4 aliphatic rings. The molecule has 4 unspecified atom stereocenters. The Hall–Kier alpha value is -3.00. The average molecular weight is 540 g/mol. The van der Waals surface area contributed by atoms with E-state index < -0.39 is 29.2 Å². The van der Waals surface area contributed by atoms with E-state index in [1.807, 2.05) is 26.8 Å². The molecule has 1 N–H and O–H groups in total. The van der Waals surface area contributed by atoms with E-state index in [2.05, 4.69) is 15.9 Å². The Bertz CT molecular complexity index is 1300. The van der Waals surface area contributed by atoms with Gasteiger partial charge in [0.05, 0.1) is 23.4 Å². The van der Waals surface area contributed by atoms with E-state index in [1.54, 1.807) is 12.1 Å². The van der Waals surface area contributed by atoms with E-state index in [1.165, 1.54) is 24.2 Å². The highest BCUT2D eigenvalue weighted by Crippen LogP contribution is 2.56. The van der Waals surface area contributed by atoms with Crippen LogP contribution in [0.15, 0.2) is 51.6 Å². The van der Waals surface area contributed by atoms with E-state index in [4.69, 9.17) is 4.74 Å². The molecule has 1 fully saturated rings. The van der Waals surface area contributed by atoms with E-state index in [-0.39, 0.29) is 40.0 Å². The number of benzene rings is 1. The summed E-state index contributed by atoms with van der Waals surface area (Å²) in [5.74, 6) is -2.91. The number of halogens is 1. The molecule has 2 amide bonds. The zero-order chi connectivity index (χ0) is 25.4. The van der Waals surface area contributed by atoms with Gasteiger partial charge in [-0.05, 0) is 61.5 Å². The maximum absolute atomic E-state index is 13.6. The van der Waals surface area contributed by atoms with Gasteiger partial charge in [-0.1, -0.05) is 17.7 Å². The summed E-state index contributed by atoms with van der Waals surface area (Å²) >= 11 is 3.21. The summed E-state index contributed by atoms with van der Waals surface area (Å²) < 4.78 is 5.39. The minimum Gasteiger partial charge on any atom is -0.507 e. The Kier molecular flexibility index (Phi) is 5.43. The third-order valence-electron chi connectivity index (χ3n) is 7.55. The van der Waals surface area contributed by atoms with Crippen LogP contribution in [0.25, 0.3) is 0 Å². The van der Waals surface area contributed by atoms with Gasteiger partial charge in [0, 0.05) is 40.3 Å². The molecule has 4 atom stereocenters. The number of nitrogens with zero attached hydrogens (tertiary/aromatic N) is 1. The van der Waals surface area contributed by atoms with E-state index in [9.17, 15) is 24.3 Å². The number of phenols is 1. The maximum Gasteiger partial charge on any atom is 0.234 e. The number of likely N-dealkylation sites (tertiary alicyclic amines) is 1. The van der Waals surface area contributed by atoms with Gasteiger partial charge < -0.3 is 9.84 Å². The number of rotatable bonds is 2. The van der Waals surface area contributed by atoms with Crippen molar-refractivity contribution in [3.8, 4) is 11.5 Å². The molecule has 0 spiro atoms. The highest BCUT2D eigenvalue weighted by Gasteiger charge is 2.58. The SMILES string of the molecule is COc1ccc(C2C3=CCC4C(=O)N(C(C)(C)C)C(=O)C4C3CC3=C2C(=O)C=C(Br)C3=O)c(O)c1. The van der Waals surface area contributed by atoms with Gasteiger partial charge in [-0.3, -0.25) is 24.1 Å². The van der Waals surface area contributed by atoms with Crippen molar-refractivity contribution in [2.24, 2.45) is 17.8 Å². The van der Waals surface area contributed by atoms with Gasteiger partial charge >= 0.3 is 0 Å². The van der Waals surface area contributed by atoms with Crippen molar-refractivity contribution in [3.05, 3.63) is 57.1 Å². The molecule has 1 aliphatic heterocycles. The Morgan fingerprint density at radius 3 is 2.43 bits per heavy atom. The summed E-state index contributed by atoms with van der Waals surface area (Å²) in [6, 6.07) is 4.85. The number of aromatic hydroxyl groups is 1. The van der Waals surface area contributed by atoms with Crippen molar-refractivity contribution in [2.75, 3.05) is 7.11 Å². The zero-order valence-corrected chi connectivity index (χ0v) is 21.5. The molecule has 0 bridgehead atoms. The van der Waals surface area contributed by atoms with Crippen LogP contribution >= 0.6 is 15.9 Å². The molecule has 0 saturated carbocycles. The summed E-state index contributed by atoms with van der Waals surface area (Å²) in [5, 5.41) is 10.9. The van der Waals surface area contributed by atoms with Crippen LogP contribution < -0.4 is 4.74 Å². The molecule has 5 rings (SSSR count). The van der Waals surface area contributed by atoms with Crippen LogP contribution in [-0.4, -0.2) is 46.0 Å². The van der Waals surface area contributed by atoms with Gasteiger partial charge in [0.15, 0.2) is 11.6 Å². The smallest absolute Gasteiger partial charge is 0.234 e. The van der Waals surface area contributed by atoms with Crippen LogP contribution in [0.2, 0.25) is 0 Å². The second-order valence-corrected chi connectivity index (χ2v) is 11.4. The number of methoxy groups -OCH3 is 1. The summed E-state index contributed by atoms with van der Waals surface area (Å²) in [4.78, 5) is 54.7. The third kappa shape index (κ3) is 3.44. The number of ether oxygens (including phenoxy) is 1. The fourth-order valence-electron chi connectivity index (χ4n) is 6.12. The summed E-state index contributed by atoms with van der Waals surface area (Å²) in [6.45, 7) is 5.50. The fraction of sp³-hybridized carbons (Fsp3) is 0.407. The minimum absolute atomic E-state index is 0.0658. The molecule has 1 heterocycles. The molecule has 1 aromatic rings. The lowest BCUT2D eigenvalue weighted by Crippen LogP contribution is -2.46. The van der Waals surface area contributed by atoms with Gasteiger partial charge in [0.1, 0.15) is 11.5 Å². The quantitative estimate of drug-likeness (QED) is 0.346. The number of carbonyl (C=O) groups excluding carboxylic acids is 4. The van der Waals surface area contributed by atoms with Crippen molar-refractivity contribution in [1.82, 2.24) is 4.90 Å². The predicted octanol–water partition coefficient (Wildman–Crippen LogP) is 3.96. The van der Waals surface area contributed by atoms with Crippen molar-refractivity contribution < 1.29 is 29.0 Å². The van der Waals surface area contributed by atoms with Crippen LogP contribution in [0, 0.1) is 17.8 Å². The molecule has 182 valence electrons. The second-order valence-electron chi connectivity index (χ2n) is 10.5. The van der Waals surface area contributed by atoms with Gasteiger partial charge in [0.25, 0.3) is 0 Å². The van der Waals surface area contributed by atoms with Crippen molar-refractivity contribution in [1.29, 1.82) is 0 Å². The molecule has 1 aromatic carbocycles. The fourth-order valence-corrected chi connectivity index (χ4v) is 6.56. The first kappa shape index (κ1) is 23.7. The van der Waals surface area contributed by atoms with Crippen LogP contribution in [-0.2, 0) is 19.2 Å². The Morgan fingerprint density at radius 2 is 1.80 bits per heavy atom. The number of ketones is 2. The predicted molar refractivity (Wildman–Crippen MR) is 131 cm³/mol. The highest BCUT2D eigenvalue weighted by molar-refractivity contribution is 9.12. The summed E-state index contributed by atoms with van der Waals surface area (Å²) in [6.07, 6.45) is 3.77. The second kappa shape index (κ2) is 8.01. The van der Waals surface area contributed by atoms with Crippen molar-refractivity contribution in [2.45, 2.75) is 45.1 Å². The topological polar surface area (TPSA) is 101 Å². The molecule has 0 aromatic heterocycles. The Labute approximate surface area is 211 Å². The Morgan fingerprint density at radius 1 is 1.09 bits per heavy atom. The van der Waals surface area contributed by atoms with Crippen LogP contribution in [0.1, 0.15) is 45.1 Å². The minimum atomic E-state index is -0.699. The number of amides is 2. The zero-order valence-electron chi connectivity index (χ0n) is 19.9. The number of Topliss-reactive ketones (excluding diaryl/α,β-unsaturated/α-hetero) is 1. The van der Waals surface area contributed by atoms with Crippen molar-refractivity contribution >= 4 is 39.3 Å². The largest absolute Gasteiger partial charge is 0.507 e.